The van der Waals surface area contributed by atoms with E-state index in [-0.39, 0.29) is 35.6 Å². The van der Waals surface area contributed by atoms with Gasteiger partial charge in [-0.2, -0.15) is 0 Å². The summed E-state index contributed by atoms with van der Waals surface area (Å²) in [4.78, 5) is 25.5. The number of nitro benzene ring substituents is 1. The van der Waals surface area contributed by atoms with E-state index in [0.717, 1.165) is 12.0 Å². The molecule has 3 aromatic carbocycles. The number of hydrogen-bond acceptors (Lipinski definition) is 4. The monoisotopic (exact) mass is 474 g/mol. The molecule has 184 valence electrons. The third-order valence-electron chi connectivity index (χ3n) is 5.81. The Morgan fingerprint density at radius 3 is 2.17 bits per heavy atom. The van der Waals surface area contributed by atoms with Gasteiger partial charge in [-0.05, 0) is 46.6 Å². The maximum Gasteiger partial charge on any atom is 0.271 e. The van der Waals surface area contributed by atoms with E-state index in [0.29, 0.717) is 11.4 Å². The number of hydrogen-bond donors (Lipinski definition) is 0. The molecule has 0 fully saturated rings. The Morgan fingerprint density at radius 2 is 1.57 bits per heavy atom. The van der Waals surface area contributed by atoms with E-state index < -0.39 is 4.92 Å². The highest BCUT2D eigenvalue weighted by Crippen LogP contribution is 2.36. The van der Waals surface area contributed by atoms with Gasteiger partial charge in [0.15, 0.2) is 6.61 Å². The zero-order chi connectivity index (χ0) is 25.6. The molecule has 6 heteroatoms. The minimum Gasteiger partial charge on any atom is -0.484 e. The summed E-state index contributed by atoms with van der Waals surface area (Å²) >= 11 is 0. The average molecular weight is 475 g/mol. The van der Waals surface area contributed by atoms with Gasteiger partial charge in [-0.15, -0.1) is 0 Å². The first kappa shape index (κ1) is 25.9. The third kappa shape index (κ3) is 7.41. The van der Waals surface area contributed by atoms with Crippen LogP contribution in [0.2, 0.25) is 0 Å². The van der Waals surface area contributed by atoms with Gasteiger partial charge >= 0.3 is 0 Å². The van der Waals surface area contributed by atoms with Gasteiger partial charge in [0.2, 0.25) is 0 Å². The standard InChI is InChI=1S/C29H34N2O4/c1-28(2,3)21-29(4,5)23-14-16-26(17-15-23)35-20-27(32)30(19-22-10-7-6-8-11-22)24-12-9-13-25(18-24)31(33)34/h6-18H,19-21H2,1-5H3. The highest BCUT2D eigenvalue weighted by molar-refractivity contribution is 5.94. The van der Waals surface area contributed by atoms with Crippen LogP contribution in [0, 0.1) is 15.5 Å². The maximum absolute atomic E-state index is 13.2. The number of amides is 1. The molecular weight excluding hydrogens is 440 g/mol. The van der Waals surface area contributed by atoms with Crippen molar-refractivity contribution in [1.82, 2.24) is 0 Å². The fourth-order valence-electron chi connectivity index (χ4n) is 4.52. The van der Waals surface area contributed by atoms with Crippen LogP contribution in [0.3, 0.4) is 0 Å². The predicted octanol–water partition coefficient (Wildman–Crippen LogP) is 6.92. The fraction of sp³-hybridized carbons (Fsp3) is 0.345. The smallest absolute Gasteiger partial charge is 0.271 e. The summed E-state index contributed by atoms with van der Waals surface area (Å²) in [6, 6.07) is 23.5. The molecule has 0 aromatic heterocycles. The van der Waals surface area contributed by atoms with Crippen LogP contribution in [0.4, 0.5) is 11.4 Å². The zero-order valence-electron chi connectivity index (χ0n) is 21.2. The Labute approximate surface area is 207 Å². The highest BCUT2D eigenvalue weighted by Gasteiger charge is 2.27. The second-order valence-corrected chi connectivity index (χ2v) is 10.7. The maximum atomic E-state index is 13.2. The van der Waals surface area contributed by atoms with Gasteiger partial charge in [-0.3, -0.25) is 14.9 Å². The lowest BCUT2D eigenvalue weighted by atomic mass is 9.72. The molecule has 0 heterocycles. The molecule has 0 radical (unpaired) electrons. The van der Waals surface area contributed by atoms with Crippen molar-refractivity contribution in [2.24, 2.45) is 5.41 Å². The second kappa shape index (κ2) is 10.7. The molecule has 0 aliphatic carbocycles. The lowest BCUT2D eigenvalue weighted by Gasteiger charge is -2.33. The molecule has 0 aliphatic rings. The third-order valence-corrected chi connectivity index (χ3v) is 5.81. The van der Waals surface area contributed by atoms with E-state index in [9.17, 15) is 14.9 Å². The lowest BCUT2D eigenvalue weighted by molar-refractivity contribution is -0.384. The number of carbonyl (C=O) groups excluding carboxylic acids is 1. The Balaban J connectivity index is 1.75. The number of anilines is 1. The first-order valence-electron chi connectivity index (χ1n) is 11.8. The van der Waals surface area contributed by atoms with E-state index in [1.165, 1.54) is 22.6 Å². The van der Waals surface area contributed by atoms with Gasteiger partial charge in [0.05, 0.1) is 17.2 Å². The van der Waals surface area contributed by atoms with Crippen LogP contribution in [-0.4, -0.2) is 17.4 Å². The van der Waals surface area contributed by atoms with Crippen LogP contribution >= 0.6 is 0 Å². The highest BCUT2D eigenvalue weighted by atomic mass is 16.6. The van der Waals surface area contributed by atoms with E-state index in [1.807, 2.05) is 54.6 Å². The molecule has 0 spiro atoms. The van der Waals surface area contributed by atoms with Crippen molar-refractivity contribution < 1.29 is 14.5 Å². The summed E-state index contributed by atoms with van der Waals surface area (Å²) in [5, 5.41) is 11.3. The van der Waals surface area contributed by atoms with Crippen molar-refractivity contribution in [1.29, 1.82) is 0 Å². The van der Waals surface area contributed by atoms with Gasteiger partial charge in [0.1, 0.15) is 5.75 Å². The summed E-state index contributed by atoms with van der Waals surface area (Å²) in [6.45, 7) is 11.3. The first-order valence-corrected chi connectivity index (χ1v) is 11.8. The molecule has 0 saturated carbocycles. The van der Waals surface area contributed by atoms with Gasteiger partial charge in [0.25, 0.3) is 11.6 Å². The molecule has 3 aromatic rings. The van der Waals surface area contributed by atoms with Crippen molar-refractivity contribution in [3.8, 4) is 5.75 Å². The SMILES string of the molecule is CC(C)(C)CC(C)(C)c1ccc(OCC(=O)N(Cc2ccccc2)c2cccc([N+](=O)[O-])c2)cc1. The van der Waals surface area contributed by atoms with E-state index in [4.69, 9.17) is 4.74 Å². The normalized spacial score (nSPS) is 11.7. The topological polar surface area (TPSA) is 72.7 Å². The number of nitro groups is 1. The van der Waals surface area contributed by atoms with Crippen molar-refractivity contribution in [2.75, 3.05) is 11.5 Å². The van der Waals surface area contributed by atoms with Crippen molar-refractivity contribution in [3.05, 3.63) is 100 Å². The fourth-order valence-corrected chi connectivity index (χ4v) is 4.52. The Hall–Kier alpha value is -3.67. The molecule has 1 amide bonds. The summed E-state index contributed by atoms with van der Waals surface area (Å²) in [5.41, 5.74) is 2.74. The molecule has 0 saturated heterocycles. The summed E-state index contributed by atoms with van der Waals surface area (Å²) in [6.07, 6.45) is 1.04. The number of rotatable bonds is 9. The number of ether oxygens (including phenoxy) is 1. The van der Waals surface area contributed by atoms with Crippen LogP contribution in [0.1, 0.15) is 52.2 Å². The molecule has 3 rings (SSSR count). The quantitative estimate of drug-likeness (QED) is 0.249. The number of benzene rings is 3. The Morgan fingerprint density at radius 1 is 0.914 bits per heavy atom. The Kier molecular flexibility index (Phi) is 7.95. The van der Waals surface area contributed by atoms with Gasteiger partial charge < -0.3 is 9.64 Å². The largest absolute Gasteiger partial charge is 0.484 e. The van der Waals surface area contributed by atoms with Crippen LogP contribution in [0.5, 0.6) is 5.75 Å². The molecule has 0 N–H and O–H groups in total. The van der Waals surface area contributed by atoms with Gasteiger partial charge in [-0.25, -0.2) is 0 Å². The predicted molar refractivity (Wildman–Crippen MR) is 140 cm³/mol. The molecule has 0 unspecified atom stereocenters. The molecule has 0 atom stereocenters. The van der Waals surface area contributed by atoms with Crippen molar-refractivity contribution in [2.45, 2.75) is 53.0 Å². The van der Waals surface area contributed by atoms with E-state index in [2.05, 4.69) is 34.6 Å². The molecular formula is C29H34N2O4. The van der Waals surface area contributed by atoms with Crippen molar-refractivity contribution in [3.63, 3.8) is 0 Å². The molecule has 35 heavy (non-hydrogen) atoms. The van der Waals surface area contributed by atoms with E-state index >= 15 is 0 Å². The van der Waals surface area contributed by atoms with Gasteiger partial charge in [-0.1, -0.05) is 83.1 Å². The molecule has 0 aliphatic heterocycles. The average Bonchev–Trinajstić information content (AvgIpc) is 2.80. The Bertz CT molecular complexity index is 1150. The molecule has 0 bridgehead atoms. The van der Waals surface area contributed by atoms with Crippen LogP contribution in [-0.2, 0) is 16.8 Å². The van der Waals surface area contributed by atoms with E-state index in [1.54, 1.807) is 12.1 Å². The lowest BCUT2D eigenvalue weighted by Crippen LogP contribution is -2.34. The van der Waals surface area contributed by atoms with Crippen molar-refractivity contribution >= 4 is 17.3 Å². The number of nitrogens with zero attached hydrogens (tertiary/aromatic N) is 2. The van der Waals surface area contributed by atoms with Crippen LogP contribution in [0.15, 0.2) is 78.9 Å². The van der Waals surface area contributed by atoms with Gasteiger partial charge in [0, 0.05) is 12.1 Å². The van der Waals surface area contributed by atoms with Crippen LogP contribution < -0.4 is 9.64 Å². The number of non-ortho nitro benzene ring substituents is 1. The molecule has 6 nitrogen and oxygen atoms in total. The summed E-state index contributed by atoms with van der Waals surface area (Å²) < 4.78 is 5.83. The second-order valence-electron chi connectivity index (χ2n) is 10.7. The first-order chi connectivity index (χ1) is 16.4. The summed E-state index contributed by atoms with van der Waals surface area (Å²) in [7, 11) is 0. The zero-order valence-corrected chi connectivity index (χ0v) is 21.2. The minimum absolute atomic E-state index is 0.0150. The van der Waals surface area contributed by atoms with Crippen LogP contribution in [0.25, 0.3) is 0 Å². The minimum atomic E-state index is -0.464. The summed E-state index contributed by atoms with van der Waals surface area (Å²) in [5.74, 6) is 0.318. The number of carbonyl (C=O) groups is 1.